The van der Waals surface area contributed by atoms with Crippen molar-refractivity contribution in [3.8, 4) is 0 Å². The van der Waals surface area contributed by atoms with Crippen molar-refractivity contribution in [2.24, 2.45) is 11.3 Å². The zero-order chi connectivity index (χ0) is 13.8. The van der Waals surface area contributed by atoms with E-state index in [0.29, 0.717) is 43.9 Å². The van der Waals surface area contributed by atoms with Gasteiger partial charge in [0.1, 0.15) is 0 Å². The van der Waals surface area contributed by atoms with Gasteiger partial charge in [-0.1, -0.05) is 20.8 Å². The van der Waals surface area contributed by atoms with Gasteiger partial charge in [0, 0.05) is 37.3 Å². The van der Waals surface area contributed by atoms with Gasteiger partial charge in [0.2, 0.25) is 0 Å². The first kappa shape index (κ1) is 16.7. The van der Waals surface area contributed by atoms with Gasteiger partial charge in [-0.2, -0.15) is 0 Å². The quantitative estimate of drug-likeness (QED) is 0.625. The molecule has 0 saturated carbocycles. The van der Waals surface area contributed by atoms with E-state index in [1.807, 2.05) is 0 Å². The van der Waals surface area contributed by atoms with Crippen LogP contribution in [0.1, 0.15) is 20.8 Å². The van der Waals surface area contributed by atoms with E-state index in [9.17, 15) is 4.57 Å². The van der Waals surface area contributed by atoms with Gasteiger partial charge >= 0.3 is 7.67 Å². The molecule has 1 aliphatic rings. The monoisotopic (exact) mass is 316 g/mol. The molecule has 1 heterocycles. The Balaban J connectivity index is 2.64. The smallest absolute Gasteiger partial charge is 0.306 e. The van der Waals surface area contributed by atoms with E-state index >= 15 is 0 Å². The van der Waals surface area contributed by atoms with Crippen molar-refractivity contribution in [1.29, 1.82) is 0 Å². The summed E-state index contributed by atoms with van der Waals surface area (Å²) in [6.07, 6.45) is 0. The fourth-order valence-corrected chi connectivity index (χ4v) is 4.49. The van der Waals surface area contributed by atoms with Crippen LogP contribution < -0.4 is 5.09 Å². The van der Waals surface area contributed by atoms with Crippen LogP contribution >= 0.6 is 30.9 Å². The molecule has 0 unspecified atom stereocenters. The molecule has 18 heavy (non-hydrogen) atoms. The normalized spacial score (nSPS) is 29.8. The van der Waals surface area contributed by atoms with E-state index in [-0.39, 0.29) is 5.41 Å². The molecule has 0 aromatic carbocycles. The lowest BCUT2D eigenvalue weighted by Gasteiger charge is -2.40. The number of halogens is 2. The van der Waals surface area contributed by atoms with E-state index in [2.05, 4.69) is 25.9 Å². The summed E-state index contributed by atoms with van der Waals surface area (Å²) < 4.78 is 20.0. The lowest BCUT2D eigenvalue weighted by molar-refractivity contribution is 0.113. The van der Waals surface area contributed by atoms with Crippen LogP contribution in [0.4, 0.5) is 0 Å². The fraction of sp³-hybridized carbons (Fsp3) is 1.00. The first-order valence-corrected chi connectivity index (χ1v) is 8.85. The molecule has 1 N–H and O–H groups in total. The lowest BCUT2D eigenvalue weighted by Crippen LogP contribution is -2.43. The highest BCUT2D eigenvalue weighted by Crippen LogP contribution is 2.50. The van der Waals surface area contributed by atoms with E-state index in [0.717, 1.165) is 0 Å². The third-order valence-corrected chi connectivity index (χ3v) is 5.83. The SMILES string of the molecule is CC(C)(C)[C@@H]1CN[P@](=O)(N(CCCl)CCCl)OC1. The molecule has 1 aliphatic heterocycles. The zero-order valence-corrected chi connectivity index (χ0v) is 13.7. The Morgan fingerprint density at radius 1 is 1.33 bits per heavy atom. The van der Waals surface area contributed by atoms with Crippen LogP contribution in [0.15, 0.2) is 0 Å². The molecule has 0 radical (unpaired) electrons. The molecule has 0 bridgehead atoms. The molecule has 0 aromatic rings. The molecule has 1 rings (SSSR count). The molecule has 2 atom stereocenters. The minimum absolute atomic E-state index is 0.141. The van der Waals surface area contributed by atoms with Crippen molar-refractivity contribution >= 4 is 30.9 Å². The molecular formula is C11H23Cl2N2O2P. The van der Waals surface area contributed by atoms with Gasteiger partial charge in [0.05, 0.1) is 6.61 Å². The minimum atomic E-state index is -2.95. The van der Waals surface area contributed by atoms with Gasteiger partial charge < -0.3 is 4.52 Å². The molecule has 0 aromatic heterocycles. The maximum atomic E-state index is 12.7. The molecule has 0 aliphatic carbocycles. The van der Waals surface area contributed by atoms with Crippen molar-refractivity contribution in [3.63, 3.8) is 0 Å². The number of rotatable bonds is 5. The Morgan fingerprint density at radius 2 is 1.89 bits per heavy atom. The summed E-state index contributed by atoms with van der Waals surface area (Å²) in [4.78, 5) is 0. The van der Waals surface area contributed by atoms with E-state index in [4.69, 9.17) is 27.7 Å². The van der Waals surface area contributed by atoms with Gasteiger partial charge in [-0.05, 0) is 5.41 Å². The third kappa shape index (κ3) is 4.36. The largest absolute Gasteiger partial charge is 0.343 e. The third-order valence-electron chi connectivity index (χ3n) is 3.27. The molecule has 0 amide bonds. The van der Waals surface area contributed by atoms with E-state index in [1.54, 1.807) is 4.67 Å². The summed E-state index contributed by atoms with van der Waals surface area (Å²) in [5.74, 6) is 1.18. The topological polar surface area (TPSA) is 41.6 Å². The summed E-state index contributed by atoms with van der Waals surface area (Å²) in [6, 6.07) is 0. The van der Waals surface area contributed by atoms with Crippen LogP contribution in [-0.4, -0.2) is 42.7 Å². The number of nitrogens with one attached hydrogen (secondary N) is 1. The van der Waals surface area contributed by atoms with Gasteiger partial charge in [0.25, 0.3) is 0 Å². The van der Waals surface area contributed by atoms with E-state index in [1.165, 1.54) is 0 Å². The maximum Gasteiger partial charge on any atom is 0.343 e. The van der Waals surface area contributed by atoms with Gasteiger partial charge in [0.15, 0.2) is 0 Å². The summed E-state index contributed by atoms with van der Waals surface area (Å²) in [5.41, 5.74) is 0.141. The molecule has 0 spiro atoms. The average molecular weight is 317 g/mol. The lowest BCUT2D eigenvalue weighted by atomic mass is 9.81. The van der Waals surface area contributed by atoms with Crippen LogP contribution in [-0.2, 0) is 9.09 Å². The molecule has 108 valence electrons. The first-order valence-electron chi connectivity index (χ1n) is 6.20. The van der Waals surface area contributed by atoms with Gasteiger partial charge in [-0.3, -0.25) is 4.57 Å². The van der Waals surface area contributed by atoms with Crippen molar-refractivity contribution in [1.82, 2.24) is 9.76 Å². The van der Waals surface area contributed by atoms with Crippen LogP contribution in [0, 0.1) is 11.3 Å². The van der Waals surface area contributed by atoms with Crippen LogP contribution in [0.5, 0.6) is 0 Å². The zero-order valence-electron chi connectivity index (χ0n) is 11.3. The molecular weight excluding hydrogens is 294 g/mol. The van der Waals surface area contributed by atoms with Crippen molar-refractivity contribution < 1.29 is 9.09 Å². The molecule has 1 saturated heterocycles. The number of alkyl halides is 2. The second-order valence-corrected chi connectivity index (χ2v) is 8.51. The Morgan fingerprint density at radius 3 is 2.22 bits per heavy atom. The van der Waals surface area contributed by atoms with Crippen molar-refractivity contribution in [3.05, 3.63) is 0 Å². The Kier molecular flexibility index (Phi) is 6.43. The standard InChI is InChI=1S/C11H23Cl2N2O2P/c1-11(2,3)10-8-14-18(16,17-9-10)15(6-4-12)7-5-13/h10H,4-9H2,1-3H3,(H,14,16)/t10-,18-/m1/s1. The summed E-state index contributed by atoms with van der Waals surface area (Å²) >= 11 is 11.5. The molecule has 7 heteroatoms. The molecule has 1 fully saturated rings. The van der Waals surface area contributed by atoms with Gasteiger partial charge in [-0.25, -0.2) is 9.76 Å². The van der Waals surface area contributed by atoms with Crippen molar-refractivity contribution in [2.45, 2.75) is 20.8 Å². The van der Waals surface area contributed by atoms with Crippen LogP contribution in [0.25, 0.3) is 0 Å². The Hall–Kier alpha value is 0.690. The minimum Gasteiger partial charge on any atom is -0.306 e. The number of hydrogen-bond donors (Lipinski definition) is 1. The highest BCUT2D eigenvalue weighted by molar-refractivity contribution is 7.54. The van der Waals surface area contributed by atoms with Crippen molar-refractivity contribution in [2.75, 3.05) is 38.0 Å². The summed E-state index contributed by atoms with van der Waals surface area (Å²) in [5, 5.41) is 3.06. The first-order chi connectivity index (χ1) is 8.33. The predicted molar refractivity (Wildman–Crippen MR) is 77.5 cm³/mol. The van der Waals surface area contributed by atoms with Crippen LogP contribution in [0.3, 0.4) is 0 Å². The maximum absolute atomic E-state index is 12.7. The van der Waals surface area contributed by atoms with Crippen LogP contribution in [0.2, 0.25) is 0 Å². The number of hydrogen-bond acceptors (Lipinski definition) is 2. The second kappa shape index (κ2) is 6.92. The molecule has 4 nitrogen and oxygen atoms in total. The highest BCUT2D eigenvalue weighted by atomic mass is 35.5. The predicted octanol–water partition coefficient (Wildman–Crippen LogP) is 3.16. The number of nitrogens with zero attached hydrogens (tertiary/aromatic N) is 1. The fourth-order valence-electron chi connectivity index (χ4n) is 1.83. The second-order valence-electron chi connectivity index (χ2n) is 5.57. The Bertz CT molecular complexity index is 292. The summed E-state index contributed by atoms with van der Waals surface area (Å²) in [6.45, 7) is 8.71. The average Bonchev–Trinajstić information content (AvgIpc) is 2.28. The Labute approximate surface area is 120 Å². The van der Waals surface area contributed by atoms with E-state index < -0.39 is 7.67 Å². The summed E-state index contributed by atoms with van der Waals surface area (Å²) in [7, 11) is -2.95. The highest BCUT2D eigenvalue weighted by Gasteiger charge is 2.39. The van der Waals surface area contributed by atoms with Gasteiger partial charge in [-0.15, -0.1) is 23.2 Å².